The fraction of sp³-hybridized carbons (Fsp3) is 0.286. The molecule has 0 amide bonds. The van der Waals surface area contributed by atoms with Gasteiger partial charge in [-0.15, -0.1) is 0 Å². The van der Waals surface area contributed by atoms with Crippen LogP contribution in [0.15, 0.2) is 53.3 Å². The van der Waals surface area contributed by atoms with Crippen molar-refractivity contribution in [1.82, 2.24) is 9.47 Å². The Morgan fingerprint density at radius 2 is 1.81 bits per heavy atom. The maximum atomic E-state index is 13.2. The monoisotopic (exact) mass is 368 g/mol. The minimum atomic E-state index is 0.0465. The Kier molecular flexibility index (Phi) is 4.81. The van der Waals surface area contributed by atoms with E-state index < -0.39 is 0 Å². The molecular weight excluding hydrogens is 348 g/mol. The molecular formula is C21H21ClN2O2. The standard InChI is InChI=1S/C21H21ClN2O2/c1-23-19-8-7-16(22)13-17(19)20(15-5-3-2-4-6-15)18(21(23)25)14-24-9-11-26-12-10-24/h2-8,13H,9-12,14H2,1H3. The molecule has 0 N–H and O–H groups in total. The summed E-state index contributed by atoms with van der Waals surface area (Å²) in [4.78, 5) is 15.5. The SMILES string of the molecule is Cn1c(=O)c(CN2CCOCC2)c(-c2ccccc2)c2cc(Cl)ccc21. The summed E-state index contributed by atoms with van der Waals surface area (Å²) in [5, 5.41) is 1.68. The molecule has 2 heterocycles. The smallest absolute Gasteiger partial charge is 0.255 e. The van der Waals surface area contributed by atoms with Gasteiger partial charge < -0.3 is 9.30 Å². The quantitative estimate of drug-likeness (QED) is 0.707. The molecule has 4 rings (SSSR count). The fourth-order valence-corrected chi connectivity index (χ4v) is 3.82. The topological polar surface area (TPSA) is 34.5 Å². The normalized spacial score (nSPS) is 15.5. The van der Waals surface area contributed by atoms with Crippen molar-refractivity contribution < 1.29 is 4.74 Å². The second-order valence-corrected chi connectivity index (χ2v) is 7.07. The van der Waals surface area contributed by atoms with Crippen LogP contribution in [0.1, 0.15) is 5.56 Å². The van der Waals surface area contributed by atoms with Crippen molar-refractivity contribution >= 4 is 22.5 Å². The molecule has 2 aromatic carbocycles. The van der Waals surface area contributed by atoms with Crippen LogP contribution in [0.4, 0.5) is 0 Å². The predicted molar refractivity (Wildman–Crippen MR) is 106 cm³/mol. The number of aryl methyl sites for hydroxylation is 1. The van der Waals surface area contributed by atoms with E-state index in [9.17, 15) is 4.79 Å². The molecule has 1 saturated heterocycles. The first-order chi connectivity index (χ1) is 12.6. The lowest BCUT2D eigenvalue weighted by atomic mass is 9.95. The molecule has 0 unspecified atom stereocenters. The first kappa shape index (κ1) is 17.3. The Morgan fingerprint density at radius 1 is 1.08 bits per heavy atom. The first-order valence-electron chi connectivity index (χ1n) is 8.82. The molecule has 1 aliphatic heterocycles. The zero-order chi connectivity index (χ0) is 18.1. The minimum Gasteiger partial charge on any atom is -0.379 e. The number of hydrogen-bond acceptors (Lipinski definition) is 3. The molecule has 3 aromatic rings. The van der Waals surface area contributed by atoms with Gasteiger partial charge in [0.15, 0.2) is 0 Å². The highest BCUT2D eigenvalue weighted by atomic mass is 35.5. The van der Waals surface area contributed by atoms with E-state index in [0.717, 1.165) is 40.7 Å². The van der Waals surface area contributed by atoms with E-state index in [1.807, 2.05) is 43.4 Å². The zero-order valence-electron chi connectivity index (χ0n) is 14.7. The number of halogens is 1. The van der Waals surface area contributed by atoms with Gasteiger partial charge in [-0.3, -0.25) is 9.69 Å². The molecule has 1 aliphatic rings. The molecule has 5 heteroatoms. The molecule has 0 spiro atoms. The van der Waals surface area contributed by atoms with Crippen molar-refractivity contribution in [1.29, 1.82) is 0 Å². The highest BCUT2D eigenvalue weighted by Gasteiger charge is 2.20. The second-order valence-electron chi connectivity index (χ2n) is 6.63. The van der Waals surface area contributed by atoms with E-state index in [2.05, 4.69) is 17.0 Å². The summed E-state index contributed by atoms with van der Waals surface area (Å²) < 4.78 is 7.18. The van der Waals surface area contributed by atoms with E-state index in [0.29, 0.717) is 24.8 Å². The van der Waals surface area contributed by atoms with Crippen LogP contribution in [-0.2, 0) is 18.3 Å². The molecule has 0 saturated carbocycles. The average molecular weight is 369 g/mol. The van der Waals surface area contributed by atoms with Gasteiger partial charge in [-0.05, 0) is 23.8 Å². The number of aromatic nitrogens is 1. The number of fused-ring (bicyclic) bond motifs is 1. The lowest BCUT2D eigenvalue weighted by Crippen LogP contribution is -2.38. The molecule has 0 radical (unpaired) electrons. The third-order valence-corrected chi connectivity index (χ3v) is 5.24. The van der Waals surface area contributed by atoms with Crippen LogP contribution in [0.3, 0.4) is 0 Å². The van der Waals surface area contributed by atoms with Gasteiger partial charge in [0.2, 0.25) is 0 Å². The number of hydrogen-bond donors (Lipinski definition) is 0. The van der Waals surface area contributed by atoms with Crippen LogP contribution >= 0.6 is 11.6 Å². The van der Waals surface area contributed by atoms with Crippen molar-refractivity contribution in [3.05, 3.63) is 69.5 Å². The van der Waals surface area contributed by atoms with Crippen LogP contribution in [0.25, 0.3) is 22.0 Å². The van der Waals surface area contributed by atoms with Crippen molar-refractivity contribution in [2.24, 2.45) is 7.05 Å². The molecule has 1 fully saturated rings. The van der Waals surface area contributed by atoms with Crippen molar-refractivity contribution in [2.75, 3.05) is 26.3 Å². The highest BCUT2D eigenvalue weighted by Crippen LogP contribution is 2.32. The third-order valence-electron chi connectivity index (χ3n) is 5.00. The van der Waals surface area contributed by atoms with Crippen molar-refractivity contribution in [3.63, 3.8) is 0 Å². The Balaban J connectivity index is 1.99. The Hall–Kier alpha value is -2.14. The lowest BCUT2D eigenvalue weighted by Gasteiger charge is -2.28. The number of ether oxygens (including phenoxy) is 1. The van der Waals surface area contributed by atoms with Gasteiger partial charge in [0.25, 0.3) is 5.56 Å². The molecule has 26 heavy (non-hydrogen) atoms. The summed E-state index contributed by atoms with van der Waals surface area (Å²) in [7, 11) is 1.83. The number of morpholine rings is 1. The minimum absolute atomic E-state index is 0.0465. The van der Waals surface area contributed by atoms with Crippen LogP contribution in [0.2, 0.25) is 5.02 Å². The van der Waals surface area contributed by atoms with Crippen LogP contribution in [0.5, 0.6) is 0 Å². The van der Waals surface area contributed by atoms with Crippen molar-refractivity contribution in [2.45, 2.75) is 6.54 Å². The van der Waals surface area contributed by atoms with Crippen LogP contribution in [0, 0.1) is 0 Å². The lowest BCUT2D eigenvalue weighted by molar-refractivity contribution is 0.0340. The molecule has 0 aliphatic carbocycles. The average Bonchev–Trinajstić information content (AvgIpc) is 2.67. The maximum Gasteiger partial charge on any atom is 0.255 e. The van der Waals surface area contributed by atoms with Gasteiger partial charge in [-0.2, -0.15) is 0 Å². The van der Waals surface area contributed by atoms with Crippen molar-refractivity contribution in [3.8, 4) is 11.1 Å². The third kappa shape index (κ3) is 3.16. The van der Waals surface area contributed by atoms with E-state index in [1.54, 1.807) is 4.57 Å². The summed E-state index contributed by atoms with van der Waals surface area (Å²) in [6.45, 7) is 3.71. The van der Waals surface area contributed by atoms with Gasteiger partial charge in [0, 0.05) is 48.2 Å². The van der Waals surface area contributed by atoms with E-state index in [1.165, 1.54) is 0 Å². The number of nitrogens with zero attached hydrogens (tertiary/aromatic N) is 2. The largest absolute Gasteiger partial charge is 0.379 e. The summed E-state index contributed by atoms with van der Waals surface area (Å²) in [5.41, 5.74) is 3.78. The van der Waals surface area contributed by atoms with Gasteiger partial charge in [0.1, 0.15) is 0 Å². The molecule has 134 valence electrons. The maximum absolute atomic E-state index is 13.2. The number of rotatable bonds is 3. The van der Waals surface area contributed by atoms with E-state index in [4.69, 9.17) is 16.3 Å². The summed E-state index contributed by atoms with van der Waals surface area (Å²) in [6.07, 6.45) is 0. The first-order valence-corrected chi connectivity index (χ1v) is 9.19. The predicted octanol–water partition coefficient (Wildman–Crippen LogP) is 3.69. The van der Waals surface area contributed by atoms with Crippen LogP contribution in [-0.4, -0.2) is 35.8 Å². The molecule has 4 nitrogen and oxygen atoms in total. The van der Waals surface area contributed by atoms with Gasteiger partial charge in [-0.1, -0.05) is 41.9 Å². The zero-order valence-corrected chi connectivity index (χ0v) is 15.5. The van der Waals surface area contributed by atoms with E-state index >= 15 is 0 Å². The summed E-state index contributed by atoms with van der Waals surface area (Å²) >= 11 is 6.30. The summed E-state index contributed by atoms with van der Waals surface area (Å²) in [6, 6.07) is 15.8. The molecule has 0 bridgehead atoms. The highest BCUT2D eigenvalue weighted by molar-refractivity contribution is 6.31. The number of benzene rings is 2. The van der Waals surface area contributed by atoms with E-state index in [-0.39, 0.29) is 5.56 Å². The summed E-state index contributed by atoms with van der Waals surface area (Å²) in [5.74, 6) is 0. The van der Waals surface area contributed by atoms with Gasteiger partial charge in [0.05, 0.1) is 18.7 Å². The molecule has 0 atom stereocenters. The van der Waals surface area contributed by atoms with Gasteiger partial charge in [-0.25, -0.2) is 0 Å². The fourth-order valence-electron chi connectivity index (χ4n) is 3.65. The Bertz CT molecular complexity index is 992. The Morgan fingerprint density at radius 3 is 2.54 bits per heavy atom. The Labute approximate surface area is 157 Å². The van der Waals surface area contributed by atoms with Gasteiger partial charge >= 0.3 is 0 Å². The van der Waals surface area contributed by atoms with Crippen LogP contribution < -0.4 is 5.56 Å². The second kappa shape index (κ2) is 7.23. The molecule has 1 aromatic heterocycles. The number of pyridine rings is 1.